The first kappa shape index (κ1) is 25.2. The van der Waals surface area contributed by atoms with Crippen LogP contribution in [0.1, 0.15) is 32.7 Å². The van der Waals surface area contributed by atoms with E-state index < -0.39 is 15.9 Å². The lowest BCUT2D eigenvalue weighted by Crippen LogP contribution is -2.40. The number of nitrogens with zero attached hydrogens (tertiary/aromatic N) is 2. The molecule has 2 amide bonds. The van der Waals surface area contributed by atoms with E-state index in [9.17, 15) is 18.0 Å². The van der Waals surface area contributed by atoms with Crippen molar-refractivity contribution in [3.8, 4) is 0 Å². The van der Waals surface area contributed by atoms with Gasteiger partial charge in [0.1, 0.15) is 5.03 Å². The van der Waals surface area contributed by atoms with Crippen LogP contribution in [0.4, 0.5) is 5.69 Å². The number of amides is 2. The van der Waals surface area contributed by atoms with Crippen molar-refractivity contribution in [2.75, 3.05) is 37.4 Å². The summed E-state index contributed by atoms with van der Waals surface area (Å²) in [5, 5.41) is 3.13. The van der Waals surface area contributed by atoms with Gasteiger partial charge in [0.05, 0.1) is 29.4 Å². The summed E-state index contributed by atoms with van der Waals surface area (Å²) in [6, 6.07) is 4.79. The summed E-state index contributed by atoms with van der Waals surface area (Å²) >= 11 is 1.11. The van der Waals surface area contributed by atoms with Gasteiger partial charge in [-0.05, 0) is 56.5 Å². The second-order valence-electron chi connectivity index (χ2n) is 7.83. The Balaban J connectivity index is 1.76. The molecule has 0 radical (unpaired) electrons. The standard InChI is InChI=1S/C22H28N4O5S2/c1-13-5-6-17(11-18(13)33(29,30)26-7-9-31-10-8-26)25-19(27)12-32-22-20(21(23)28)15(3)14(2)16(4)24-22/h5-6,11H,7-10,12H2,1-4H3,(H2,23,28)(H,25,27). The van der Waals surface area contributed by atoms with E-state index in [4.69, 9.17) is 10.5 Å². The fourth-order valence-corrected chi connectivity index (χ4v) is 6.12. The van der Waals surface area contributed by atoms with Gasteiger partial charge >= 0.3 is 0 Å². The number of nitrogens with two attached hydrogens (primary N) is 1. The third-order valence-electron chi connectivity index (χ3n) is 5.61. The molecule has 0 spiro atoms. The number of aromatic nitrogens is 1. The van der Waals surface area contributed by atoms with E-state index in [2.05, 4.69) is 10.3 Å². The van der Waals surface area contributed by atoms with E-state index in [1.807, 2.05) is 13.8 Å². The Hall–Kier alpha value is -2.47. The first-order valence-corrected chi connectivity index (χ1v) is 12.8. The molecule has 0 aliphatic carbocycles. The summed E-state index contributed by atoms with van der Waals surface area (Å²) in [6.45, 7) is 8.51. The highest BCUT2D eigenvalue weighted by atomic mass is 32.2. The van der Waals surface area contributed by atoms with Crippen molar-refractivity contribution in [2.24, 2.45) is 5.73 Å². The number of carbonyl (C=O) groups is 2. The maximum absolute atomic E-state index is 13.1. The molecule has 0 saturated carbocycles. The lowest BCUT2D eigenvalue weighted by Gasteiger charge is -2.26. The van der Waals surface area contributed by atoms with Crippen LogP contribution in [0.2, 0.25) is 0 Å². The summed E-state index contributed by atoms with van der Waals surface area (Å²) < 4.78 is 32.7. The van der Waals surface area contributed by atoms with Gasteiger partial charge in [0.2, 0.25) is 15.9 Å². The number of hydrogen-bond donors (Lipinski definition) is 2. The predicted molar refractivity (Wildman–Crippen MR) is 127 cm³/mol. The number of rotatable bonds is 7. The molecule has 1 aliphatic heterocycles. The van der Waals surface area contributed by atoms with Crippen molar-refractivity contribution in [3.63, 3.8) is 0 Å². The van der Waals surface area contributed by atoms with Crippen molar-refractivity contribution in [3.05, 3.63) is 46.1 Å². The average molecular weight is 493 g/mol. The van der Waals surface area contributed by atoms with Crippen molar-refractivity contribution < 1.29 is 22.7 Å². The Labute approximate surface area is 198 Å². The molecule has 1 aromatic carbocycles. The molecule has 3 rings (SSSR count). The summed E-state index contributed by atoms with van der Waals surface area (Å²) in [5.74, 6) is -0.969. The normalized spacial score (nSPS) is 14.8. The average Bonchev–Trinajstić information content (AvgIpc) is 2.77. The smallest absolute Gasteiger partial charge is 0.251 e. The maximum atomic E-state index is 13.1. The quantitative estimate of drug-likeness (QED) is 0.566. The van der Waals surface area contributed by atoms with Crippen LogP contribution in [0, 0.1) is 27.7 Å². The van der Waals surface area contributed by atoms with Gasteiger partial charge in [-0.1, -0.05) is 17.8 Å². The number of thioether (sulfide) groups is 1. The predicted octanol–water partition coefficient (Wildman–Crippen LogP) is 2.17. The zero-order chi connectivity index (χ0) is 24.3. The number of carbonyl (C=O) groups excluding carboxylic acids is 2. The number of anilines is 1. The molecule has 1 aromatic heterocycles. The number of primary amides is 1. The van der Waals surface area contributed by atoms with Crippen molar-refractivity contribution in [1.29, 1.82) is 0 Å². The number of hydrogen-bond acceptors (Lipinski definition) is 7. The fourth-order valence-electron chi connectivity index (χ4n) is 3.52. The molecule has 178 valence electrons. The van der Waals surface area contributed by atoms with Crippen molar-refractivity contribution in [1.82, 2.24) is 9.29 Å². The summed E-state index contributed by atoms with van der Waals surface area (Å²) in [6.07, 6.45) is 0. The monoisotopic (exact) mass is 492 g/mol. The second kappa shape index (κ2) is 10.2. The highest BCUT2D eigenvalue weighted by molar-refractivity contribution is 8.00. The molecule has 0 bridgehead atoms. The molecule has 9 nitrogen and oxygen atoms in total. The molecule has 2 heterocycles. The van der Waals surface area contributed by atoms with Gasteiger partial charge < -0.3 is 15.8 Å². The Bertz CT molecular complexity index is 1190. The van der Waals surface area contributed by atoms with E-state index >= 15 is 0 Å². The van der Waals surface area contributed by atoms with Gasteiger partial charge in [0, 0.05) is 24.5 Å². The lowest BCUT2D eigenvalue weighted by atomic mass is 10.0. The Morgan fingerprint density at radius 1 is 1.15 bits per heavy atom. The van der Waals surface area contributed by atoms with Crippen LogP contribution in [-0.4, -0.2) is 61.6 Å². The van der Waals surface area contributed by atoms with E-state index in [-0.39, 0.29) is 16.6 Å². The van der Waals surface area contributed by atoms with Crippen molar-refractivity contribution >= 4 is 39.3 Å². The van der Waals surface area contributed by atoms with Crippen LogP contribution >= 0.6 is 11.8 Å². The van der Waals surface area contributed by atoms with Crippen molar-refractivity contribution in [2.45, 2.75) is 37.6 Å². The van der Waals surface area contributed by atoms with Gasteiger partial charge in [-0.15, -0.1) is 0 Å². The SMILES string of the molecule is Cc1ccc(NC(=O)CSc2nc(C)c(C)c(C)c2C(N)=O)cc1S(=O)(=O)N1CCOCC1. The first-order chi connectivity index (χ1) is 15.5. The van der Waals surface area contributed by atoms with E-state index in [1.54, 1.807) is 26.0 Å². The molecule has 33 heavy (non-hydrogen) atoms. The minimum Gasteiger partial charge on any atom is -0.379 e. The fraction of sp³-hybridized carbons (Fsp3) is 0.409. The molecule has 1 fully saturated rings. The number of benzene rings is 1. The van der Waals surface area contributed by atoms with Crippen LogP contribution in [0.15, 0.2) is 28.1 Å². The van der Waals surface area contributed by atoms with E-state index in [0.717, 1.165) is 28.6 Å². The van der Waals surface area contributed by atoms with Gasteiger partial charge in [-0.2, -0.15) is 4.31 Å². The summed E-state index contributed by atoms with van der Waals surface area (Å²) in [7, 11) is -3.70. The number of nitrogens with one attached hydrogen (secondary N) is 1. The molecule has 1 aliphatic rings. The number of ether oxygens (including phenoxy) is 1. The minimum atomic E-state index is -3.70. The zero-order valence-electron chi connectivity index (χ0n) is 19.1. The van der Waals surface area contributed by atoms with Crippen LogP contribution in [-0.2, 0) is 19.6 Å². The molecule has 0 atom stereocenters. The highest BCUT2D eigenvalue weighted by Gasteiger charge is 2.28. The number of sulfonamides is 1. The minimum absolute atomic E-state index is 0.0192. The van der Waals surface area contributed by atoms with E-state index in [1.165, 1.54) is 10.4 Å². The Morgan fingerprint density at radius 3 is 2.45 bits per heavy atom. The first-order valence-electron chi connectivity index (χ1n) is 10.4. The van der Waals surface area contributed by atoms with Crippen LogP contribution in [0.25, 0.3) is 0 Å². The molecule has 0 unspecified atom stereocenters. The molecular weight excluding hydrogens is 464 g/mol. The topological polar surface area (TPSA) is 132 Å². The van der Waals surface area contributed by atoms with Gasteiger partial charge in [0.15, 0.2) is 0 Å². The number of morpholine rings is 1. The van der Waals surface area contributed by atoms with E-state index in [0.29, 0.717) is 48.1 Å². The molecule has 2 aromatic rings. The Morgan fingerprint density at radius 2 is 1.82 bits per heavy atom. The maximum Gasteiger partial charge on any atom is 0.251 e. The highest BCUT2D eigenvalue weighted by Crippen LogP contribution is 2.28. The van der Waals surface area contributed by atoms with Gasteiger partial charge in [-0.3, -0.25) is 9.59 Å². The summed E-state index contributed by atoms with van der Waals surface area (Å²) in [4.78, 5) is 29.1. The molecule has 1 saturated heterocycles. The number of pyridine rings is 1. The summed E-state index contributed by atoms with van der Waals surface area (Å²) in [5.41, 5.74) is 9.20. The van der Waals surface area contributed by atoms with Gasteiger partial charge in [0.25, 0.3) is 5.91 Å². The second-order valence-corrected chi connectivity index (χ2v) is 10.7. The Kier molecular flexibility index (Phi) is 7.78. The molecule has 3 N–H and O–H groups in total. The lowest BCUT2D eigenvalue weighted by molar-refractivity contribution is -0.113. The largest absolute Gasteiger partial charge is 0.379 e. The zero-order valence-corrected chi connectivity index (χ0v) is 20.7. The molecule has 11 heteroatoms. The van der Waals surface area contributed by atoms with Crippen LogP contribution in [0.5, 0.6) is 0 Å². The van der Waals surface area contributed by atoms with Crippen LogP contribution in [0.3, 0.4) is 0 Å². The third-order valence-corrected chi connectivity index (χ3v) is 8.63. The third kappa shape index (κ3) is 5.55. The van der Waals surface area contributed by atoms with Gasteiger partial charge in [-0.25, -0.2) is 13.4 Å². The molecular formula is C22H28N4O5S2. The van der Waals surface area contributed by atoms with Crippen LogP contribution < -0.4 is 11.1 Å². The number of aryl methyl sites for hydroxylation is 2.